The molecule has 8 nitrogen and oxygen atoms in total. The summed E-state index contributed by atoms with van der Waals surface area (Å²) in [5.74, 6) is -0.547. The molecule has 0 aliphatic carbocycles. The van der Waals surface area contributed by atoms with Gasteiger partial charge in [0.2, 0.25) is 11.8 Å². The van der Waals surface area contributed by atoms with Gasteiger partial charge in [-0.05, 0) is 24.8 Å². The second-order valence-corrected chi connectivity index (χ2v) is 9.26. The predicted octanol–water partition coefficient (Wildman–Crippen LogP) is 0.718. The monoisotopic (exact) mass is 410 g/mol. The van der Waals surface area contributed by atoms with E-state index in [4.69, 9.17) is 0 Å². The Labute approximate surface area is 167 Å². The quantitative estimate of drug-likeness (QED) is 0.747. The maximum absolute atomic E-state index is 12.6. The number of benzene rings is 1. The van der Waals surface area contributed by atoms with Crippen LogP contribution in [0.15, 0.2) is 30.3 Å². The molecule has 28 heavy (non-hydrogen) atoms. The van der Waals surface area contributed by atoms with Crippen molar-refractivity contribution in [3.05, 3.63) is 35.9 Å². The predicted molar refractivity (Wildman–Crippen MR) is 107 cm³/mol. The average Bonchev–Trinajstić information content (AvgIpc) is 2.71. The van der Waals surface area contributed by atoms with E-state index in [9.17, 15) is 18.0 Å². The van der Waals surface area contributed by atoms with Crippen LogP contribution in [-0.4, -0.2) is 62.6 Å². The Hall–Kier alpha value is -1.97. The number of hydrogen-bond donors (Lipinski definition) is 2. The highest BCUT2D eigenvalue weighted by atomic mass is 32.2. The van der Waals surface area contributed by atoms with Crippen LogP contribution in [0.25, 0.3) is 0 Å². The molecule has 2 N–H and O–H groups in total. The van der Waals surface area contributed by atoms with E-state index in [1.54, 1.807) is 0 Å². The van der Waals surface area contributed by atoms with Crippen LogP contribution in [0.1, 0.15) is 31.2 Å². The number of nitrogens with zero attached hydrogens (tertiary/aromatic N) is 2. The zero-order chi connectivity index (χ0) is 20.6. The molecule has 1 saturated heterocycles. The van der Waals surface area contributed by atoms with Gasteiger partial charge in [-0.3, -0.25) is 9.59 Å². The second-order valence-electron chi connectivity index (χ2n) is 7.12. The van der Waals surface area contributed by atoms with Crippen LogP contribution >= 0.6 is 0 Å². The zero-order valence-corrected chi connectivity index (χ0v) is 17.4. The van der Waals surface area contributed by atoms with Crippen LogP contribution in [0.2, 0.25) is 0 Å². The molecule has 1 unspecified atom stereocenters. The van der Waals surface area contributed by atoms with Crippen LogP contribution in [0.3, 0.4) is 0 Å². The number of hydrogen-bond acceptors (Lipinski definition) is 4. The minimum Gasteiger partial charge on any atom is -0.356 e. The van der Waals surface area contributed by atoms with Gasteiger partial charge in [-0.15, -0.1) is 0 Å². The number of carbonyl (C=O) groups excluding carboxylic acids is 2. The fourth-order valence-corrected chi connectivity index (χ4v) is 4.27. The summed E-state index contributed by atoms with van der Waals surface area (Å²) in [6.45, 7) is 1.28. The molecule has 0 spiro atoms. The normalized spacial score (nSPS) is 20.2. The molecule has 1 aromatic carbocycles. The molecule has 0 radical (unpaired) electrons. The van der Waals surface area contributed by atoms with Gasteiger partial charge in [-0.25, -0.2) is 0 Å². The van der Waals surface area contributed by atoms with Gasteiger partial charge in [0.15, 0.2) is 0 Å². The number of carbonyl (C=O) groups is 2. The summed E-state index contributed by atoms with van der Waals surface area (Å²) in [6, 6.07) is 9.66. The van der Waals surface area contributed by atoms with Crippen molar-refractivity contribution in [2.45, 2.75) is 32.2 Å². The van der Waals surface area contributed by atoms with Crippen molar-refractivity contribution in [1.29, 1.82) is 0 Å². The Bertz CT molecular complexity index is 752. The van der Waals surface area contributed by atoms with Crippen LogP contribution in [0.4, 0.5) is 0 Å². The Morgan fingerprint density at radius 2 is 1.93 bits per heavy atom. The molecule has 0 bridgehead atoms. The van der Waals surface area contributed by atoms with E-state index in [1.807, 2.05) is 30.3 Å². The van der Waals surface area contributed by atoms with Gasteiger partial charge in [-0.2, -0.15) is 17.0 Å². The summed E-state index contributed by atoms with van der Waals surface area (Å²) in [7, 11) is -0.656. The lowest BCUT2D eigenvalue weighted by atomic mass is 9.98. The third-order valence-electron chi connectivity index (χ3n) is 4.83. The molecule has 1 aliphatic heterocycles. The van der Waals surface area contributed by atoms with Gasteiger partial charge >= 0.3 is 0 Å². The summed E-state index contributed by atoms with van der Waals surface area (Å²) in [5, 5.41) is 5.73. The smallest absolute Gasteiger partial charge is 0.281 e. The van der Waals surface area contributed by atoms with E-state index in [-0.39, 0.29) is 37.2 Å². The number of amides is 2. The third-order valence-corrected chi connectivity index (χ3v) is 6.77. The minimum absolute atomic E-state index is 0.0700. The van der Waals surface area contributed by atoms with Crippen LogP contribution in [0.5, 0.6) is 0 Å². The van der Waals surface area contributed by atoms with Crippen molar-refractivity contribution in [3.63, 3.8) is 0 Å². The molecule has 1 aromatic rings. The van der Waals surface area contributed by atoms with Gasteiger partial charge in [0.25, 0.3) is 10.2 Å². The first kappa shape index (κ1) is 22.3. The van der Waals surface area contributed by atoms with Crippen molar-refractivity contribution in [3.8, 4) is 0 Å². The average molecular weight is 411 g/mol. The molecule has 1 heterocycles. The Morgan fingerprint density at radius 3 is 2.61 bits per heavy atom. The van der Waals surface area contributed by atoms with Crippen molar-refractivity contribution in [1.82, 2.24) is 19.2 Å². The minimum atomic E-state index is -3.60. The first-order valence-electron chi connectivity index (χ1n) is 9.56. The molecule has 1 atom stereocenters. The fourth-order valence-electron chi connectivity index (χ4n) is 3.12. The standard InChI is InChI=1S/C19H30N4O4S/c1-22(2)28(26,27)23-13-6-9-17(10-12-20-18(24)11-14-23)19(25)21-15-16-7-4-3-5-8-16/h3-5,7-8,17H,6,9-15H2,1-2H3,(H,20,24)(H,21,25). The zero-order valence-electron chi connectivity index (χ0n) is 16.6. The Balaban J connectivity index is 2.00. The van der Waals surface area contributed by atoms with Gasteiger partial charge in [0.05, 0.1) is 0 Å². The van der Waals surface area contributed by atoms with Gasteiger partial charge < -0.3 is 10.6 Å². The molecule has 2 rings (SSSR count). The maximum atomic E-state index is 12.6. The maximum Gasteiger partial charge on any atom is 0.281 e. The van der Waals surface area contributed by atoms with Crippen molar-refractivity contribution >= 4 is 22.0 Å². The topological polar surface area (TPSA) is 98.8 Å². The van der Waals surface area contributed by atoms with Crippen LogP contribution in [-0.2, 0) is 26.3 Å². The molecule has 2 amide bonds. The molecular weight excluding hydrogens is 380 g/mol. The fraction of sp³-hybridized carbons (Fsp3) is 0.579. The molecule has 1 aliphatic rings. The van der Waals surface area contributed by atoms with Crippen molar-refractivity contribution < 1.29 is 18.0 Å². The van der Waals surface area contributed by atoms with E-state index in [2.05, 4.69) is 10.6 Å². The van der Waals surface area contributed by atoms with E-state index >= 15 is 0 Å². The molecule has 9 heteroatoms. The summed E-state index contributed by atoms with van der Waals surface area (Å²) < 4.78 is 27.4. The van der Waals surface area contributed by atoms with Gasteiger partial charge in [-0.1, -0.05) is 30.3 Å². The number of rotatable bonds is 5. The largest absolute Gasteiger partial charge is 0.356 e. The molecule has 0 aromatic heterocycles. The lowest BCUT2D eigenvalue weighted by molar-refractivity contribution is -0.126. The van der Waals surface area contributed by atoms with E-state index in [1.165, 1.54) is 18.4 Å². The summed E-state index contributed by atoms with van der Waals surface area (Å²) >= 11 is 0. The lowest BCUT2D eigenvalue weighted by Crippen LogP contribution is -2.42. The lowest BCUT2D eigenvalue weighted by Gasteiger charge is -2.25. The first-order valence-corrected chi connectivity index (χ1v) is 11.0. The van der Waals surface area contributed by atoms with Crippen LogP contribution < -0.4 is 10.6 Å². The SMILES string of the molecule is CN(C)S(=O)(=O)N1CCCC(C(=O)NCc2ccccc2)CCNC(=O)CC1. The van der Waals surface area contributed by atoms with E-state index in [0.29, 0.717) is 32.4 Å². The van der Waals surface area contributed by atoms with E-state index in [0.717, 1.165) is 9.87 Å². The van der Waals surface area contributed by atoms with E-state index < -0.39 is 10.2 Å². The van der Waals surface area contributed by atoms with Crippen LogP contribution in [0, 0.1) is 5.92 Å². The molecule has 0 saturated carbocycles. The highest BCUT2D eigenvalue weighted by Gasteiger charge is 2.27. The molecular formula is C19H30N4O4S. The summed E-state index contributed by atoms with van der Waals surface area (Å²) in [4.78, 5) is 24.6. The second kappa shape index (κ2) is 10.5. The Kier molecular flexibility index (Phi) is 8.40. The summed E-state index contributed by atoms with van der Waals surface area (Å²) in [6.07, 6.45) is 1.77. The van der Waals surface area contributed by atoms with Crippen molar-refractivity contribution in [2.24, 2.45) is 5.92 Å². The highest BCUT2D eigenvalue weighted by Crippen LogP contribution is 2.16. The summed E-state index contributed by atoms with van der Waals surface area (Å²) in [5.41, 5.74) is 1.02. The third kappa shape index (κ3) is 6.57. The first-order chi connectivity index (χ1) is 13.3. The molecule has 156 valence electrons. The number of nitrogens with one attached hydrogen (secondary N) is 2. The molecule has 1 fully saturated rings. The Morgan fingerprint density at radius 1 is 1.21 bits per heavy atom. The van der Waals surface area contributed by atoms with Gasteiger partial charge in [0, 0.05) is 52.6 Å². The van der Waals surface area contributed by atoms with Crippen molar-refractivity contribution in [2.75, 3.05) is 33.7 Å². The van der Waals surface area contributed by atoms with Gasteiger partial charge in [0.1, 0.15) is 0 Å². The highest BCUT2D eigenvalue weighted by molar-refractivity contribution is 7.86.